The summed E-state index contributed by atoms with van der Waals surface area (Å²) in [6.45, 7) is 6.89. The number of para-hydroxylation sites is 1. The average Bonchev–Trinajstić information content (AvgIpc) is 2.56. The third-order valence-corrected chi connectivity index (χ3v) is 4.59. The number of morpholine rings is 1. The normalized spacial score (nSPS) is 27.5. The quantitative estimate of drug-likeness (QED) is 0.625. The smallest absolute Gasteiger partial charge is 0.227 e. The molecule has 0 aromatic heterocycles. The molecule has 0 aliphatic carbocycles. The number of hydrogen-bond acceptors (Lipinski definition) is 2. The third kappa shape index (κ3) is 5.56. The summed E-state index contributed by atoms with van der Waals surface area (Å²) in [6, 6.07) is 10.1. The zero-order chi connectivity index (χ0) is 17.5. The molecule has 2 atom stereocenters. The average molecular weight is 342 g/mol. The lowest BCUT2D eigenvalue weighted by atomic mass is 10.1. The maximum absolute atomic E-state index is 5.88. The highest BCUT2D eigenvalue weighted by atomic mass is 16.5. The minimum absolute atomic E-state index is 0.190. The van der Waals surface area contributed by atoms with Crippen molar-refractivity contribution in [1.29, 1.82) is 0 Å². The van der Waals surface area contributed by atoms with Crippen LogP contribution in [0.15, 0.2) is 40.3 Å². The number of nitrogens with zero attached hydrogens (tertiary/aromatic N) is 3. The Morgan fingerprint density at radius 1 is 1.04 bits per heavy atom. The van der Waals surface area contributed by atoms with Gasteiger partial charge in [-0.25, -0.2) is 9.98 Å². The molecular formula is C20H30N4O. The monoisotopic (exact) mass is 342 g/mol. The van der Waals surface area contributed by atoms with Crippen LogP contribution >= 0.6 is 0 Å². The molecule has 1 aromatic rings. The number of hydrogen-bond donors (Lipinski definition) is 1. The number of benzene rings is 1. The van der Waals surface area contributed by atoms with Crippen molar-refractivity contribution in [2.75, 3.05) is 19.6 Å². The van der Waals surface area contributed by atoms with Crippen LogP contribution in [0.4, 0.5) is 5.69 Å². The van der Waals surface area contributed by atoms with Gasteiger partial charge in [0, 0.05) is 26.1 Å². The summed E-state index contributed by atoms with van der Waals surface area (Å²) in [5.74, 6) is 1.87. The standard InChI is InChI=1S/C20H30N4O/c1-16-14-24(15-17(2)25-16)20(22-18-10-6-5-7-11-18)23-19-12-8-3-4-9-13-21-19/h5-7,10-11,16-17H,3-4,8-9,12-15H2,1-2H3,(H,21,22,23). The maximum Gasteiger partial charge on any atom is 0.227 e. The Hall–Kier alpha value is -1.88. The van der Waals surface area contributed by atoms with Crippen LogP contribution in [0.2, 0.25) is 0 Å². The summed E-state index contributed by atoms with van der Waals surface area (Å²) >= 11 is 0. The fourth-order valence-corrected chi connectivity index (χ4v) is 3.43. The Kier molecular flexibility index (Phi) is 6.45. The van der Waals surface area contributed by atoms with Gasteiger partial charge >= 0.3 is 0 Å². The van der Waals surface area contributed by atoms with Crippen molar-refractivity contribution in [1.82, 2.24) is 10.2 Å². The van der Waals surface area contributed by atoms with Crippen LogP contribution in [0.1, 0.15) is 46.0 Å². The summed E-state index contributed by atoms with van der Waals surface area (Å²) in [6.07, 6.45) is 6.39. The van der Waals surface area contributed by atoms with Gasteiger partial charge in [-0.1, -0.05) is 31.0 Å². The molecule has 2 unspecified atom stereocenters. The van der Waals surface area contributed by atoms with Gasteiger partial charge < -0.3 is 15.0 Å². The number of nitrogens with one attached hydrogen (secondary N) is 1. The zero-order valence-electron chi connectivity index (χ0n) is 15.4. The largest absolute Gasteiger partial charge is 0.373 e. The molecule has 2 fully saturated rings. The minimum Gasteiger partial charge on any atom is -0.373 e. The number of ether oxygens (including phenoxy) is 1. The number of guanidine groups is 1. The van der Waals surface area contributed by atoms with E-state index < -0.39 is 0 Å². The lowest BCUT2D eigenvalue weighted by Gasteiger charge is -2.36. The van der Waals surface area contributed by atoms with Crippen molar-refractivity contribution in [3.63, 3.8) is 0 Å². The van der Waals surface area contributed by atoms with Gasteiger partial charge in [0.15, 0.2) is 0 Å². The Balaban J connectivity index is 1.86. The SMILES string of the molecule is CC1CN(C(N=C2CCCCCCN2)=Nc2ccccc2)CC(C)O1. The van der Waals surface area contributed by atoms with Crippen molar-refractivity contribution in [3.05, 3.63) is 30.3 Å². The van der Waals surface area contributed by atoms with Gasteiger partial charge in [0.2, 0.25) is 5.96 Å². The molecule has 5 heteroatoms. The predicted octanol–water partition coefficient (Wildman–Crippen LogP) is 3.74. The van der Waals surface area contributed by atoms with Crippen molar-refractivity contribution in [2.24, 2.45) is 9.98 Å². The molecule has 2 saturated heterocycles. The summed E-state index contributed by atoms with van der Waals surface area (Å²) in [5.41, 5.74) is 0.944. The van der Waals surface area contributed by atoms with Crippen LogP contribution in [-0.4, -0.2) is 48.5 Å². The summed E-state index contributed by atoms with van der Waals surface area (Å²) in [7, 11) is 0. The van der Waals surface area contributed by atoms with Crippen LogP contribution < -0.4 is 5.32 Å². The molecule has 0 radical (unpaired) electrons. The maximum atomic E-state index is 5.88. The van der Waals surface area contributed by atoms with Crippen molar-refractivity contribution in [2.45, 2.75) is 58.2 Å². The van der Waals surface area contributed by atoms with E-state index in [-0.39, 0.29) is 12.2 Å². The van der Waals surface area contributed by atoms with Gasteiger partial charge in [0.05, 0.1) is 17.9 Å². The zero-order valence-corrected chi connectivity index (χ0v) is 15.4. The molecule has 136 valence electrons. The van der Waals surface area contributed by atoms with E-state index in [2.05, 4.69) is 24.1 Å². The topological polar surface area (TPSA) is 49.2 Å². The number of amidine groups is 1. The van der Waals surface area contributed by atoms with Crippen LogP contribution in [0, 0.1) is 0 Å². The Morgan fingerprint density at radius 2 is 1.76 bits per heavy atom. The second-order valence-corrected chi connectivity index (χ2v) is 7.06. The first-order valence-electron chi connectivity index (χ1n) is 9.56. The summed E-state index contributed by atoms with van der Waals surface area (Å²) in [4.78, 5) is 12.1. The second kappa shape index (κ2) is 8.99. The van der Waals surface area contributed by atoms with Crippen LogP contribution in [0.3, 0.4) is 0 Å². The molecule has 5 nitrogen and oxygen atoms in total. The first kappa shape index (κ1) is 17.9. The van der Waals surface area contributed by atoms with Crippen molar-refractivity contribution < 1.29 is 4.74 Å². The molecule has 1 aromatic carbocycles. The van der Waals surface area contributed by atoms with Gasteiger partial charge in [0.1, 0.15) is 5.84 Å². The molecule has 0 spiro atoms. The predicted molar refractivity (Wildman–Crippen MR) is 104 cm³/mol. The fourth-order valence-electron chi connectivity index (χ4n) is 3.43. The van der Waals surface area contributed by atoms with Gasteiger partial charge in [-0.3, -0.25) is 0 Å². The van der Waals surface area contributed by atoms with E-state index in [9.17, 15) is 0 Å². The molecule has 0 saturated carbocycles. The fraction of sp³-hybridized carbons (Fsp3) is 0.600. The molecule has 2 aliphatic rings. The molecule has 0 bridgehead atoms. The van der Waals surface area contributed by atoms with Crippen LogP contribution in [0.5, 0.6) is 0 Å². The summed E-state index contributed by atoms with van der Waals surface area (Å²) < 4.78 is 5.88. The molecule has 0 amide bonds. The second-order valence-electron chi connectivity index (χ2n) is 7.06. The van der Waals surface area contributed by atoms with Crippen molar-refractivity contribution in [3.8, 4) is 0 Å². The van der Waals surface area contributed by atoms with Gasteiger partial charge in [-0.15, -0.1) is 0 Å². The van der Waals surface area contributed by atoms with E-state index >= 15 is 0 Å². The molecule has 1 N–H and O–H groups in total. The highest BCUT2D eigenvalue weighted by Gasteiger charge is 2.25. The van der Waals surface area contributed by atoms with E-state index in [0.717, 1.165) is 43.5 Å². The van der Waals surface area contributed by atoms with Crippen LogP contribution in [0.25, 0.3) is 0 Å². The van der Waals surface area contributed by atoms with Gasteiger partial charge in [0.25, 0.3) is 0 Å². The van der Waals surface area contributed by atoms with E-state index in [0.29, 0.717) is 0 Å². The molecule has 25 heavy (non-hydrogen) atoms. The Bertz CT molecular complexity index is 579. The first-order valence-corrected chi connectivity index (χ1v) is 9.56. The Labute approximate surface area is 151 Å². The molecular weight excluding hydrogens is 312 g/mol. The van der Waals surface area contributed by atoms with E-state index in [1.807, 2.05) is 30.3 Å². The molecule has 2 heterocycles. The minimum atomic E-state index is 0.190. The number of rotatable bonds is 1. The van der Waals surface area contributed by atoms with E-state index in [1.54, 1.807) is 0 Å². The van der Waals surface area contributed by atoms with Crippen LogP contribution in [-0.2, 0) is 4.74 Å². The first-order chi connectivity index (χ1) is 12.2. The lowest BCUT2D eigenvalue weighted by Crippen LogP contribution is -2.48. The highest BCUT2D eigenvalue weighted by molar-refractivity contribution is 5.97. The highest BCUT2D eigenvalue weighted by Crippen LogP contribution is 2.17. The van der Waals surface area contributed by atoms with Gasteiger partial charge in [-0.05, 0) is 38.8 Å². The lowest BCUT2D eigenvalue weighted by molar-refractivity contribution is -0.0483. The summed E-state index contributed by atoms with van der Waals surface area (Å²) in [5, 5.41) is 3.51. The molecule has 2 aliphatic heterocycles. The van der Waals surface area contributed by atoms with Gasteiger partial charge in [-0.2, -0.15) is 0 Å². The van der Waals surface area contributed by atoms with Crippen molar-refractivity contribution >= 4 is 17.5 Å². The molecule has 3 rings (SSSR count). The third-order valence-electron chi connectivity index (χ3n) is 4.59. The van der Waals surface area contributed by atoms with E-state index in [1.165, 1.54) is 25.7 Å². The van der Waals surface area contributed by atoms with E-state index in [4.69, 9.17) is 14.7 Å². The Morgan fingerprint density at radius 3 is 2.52 bits per heavy atom. The number of aliphatic imine (C=N–C) groups is 2.